The van der Waals surface area contributed by atoms with Crippen molar-refractivity contribution in [2.75, 3.05) is 5.01 Å². The van der Waals surface area contributed by atoms with Gasteiger partial charge in [0.15, 0.2) is 0 Å². The van der Waals surface area contributed by atoms with Crippen LogP contribution in [0.4, 0.5) is 5.69 Å². The van der Waals surface area contributed by atoms with Crippen molar-refractivity contribution < 1.29 is 47.4 Å². The van der Waals surface area contributed by atoms with Crippen LogP contribution < -0.4 is 10.4 Å². The molecule has 0 unspecified atom stereocenters. The predicted octanol–water partition coefficient (Wildman–Crippen LogP) is 2.86. The summed E-state index contributed by atoms with van der Waals surface area (Å²) >= 11 is 0. The van der Waals surface area contributed by atoms with Gasteiger partial charge in [0.2, 0.25) is 0 Å². The summed E-state index contributed by atoms with van der Waals surface area (Å²) in [6.45, 7) is 3.88. The van der Waals surface area contributed by atoms with E-state index in [0.29, 0.717) is 11.4 Å². The normalized spacial score (nSPS) is 9.12. The first-order chi connectivity index (χ1) is 11.7. The van der Waals surface area contributed by atoms with Crippen LogP contribution in [0.2, 0.25) is 0 Å². The van der Waals surface area contributed by atoms with Gasteiger partial charge < -0.3 is 25.1 Å². The van der Waals surface area contributed by atoms with Crippen LogP contribution in [-0.4, -0.2) is 17.9 Å². The van der Waals surface area contributed by atoms with E-state index in [4.69, 9.17) is 0 Å². The van der Waals surface area contributed by atoms with Crippen molar-refractivity contribution in [3.63, 3.8) is 0 Å². The molecule has 0 aliphatic rings. The second kappa shape index (κ2) is 10.5. The summed E-state index contributed by atoms with van der Waals surface area (Å²) < 4.78 is 0. The molecular weight excluding hydrogens is 393 g/mol. The molecule has 0 spiro atoms. The predicted molar refractivity (Wildman–Crippen MR) is 93.5 cm³/mol. The van der Waals surface area contributed by atoms with Crippen LogP contribution in [0.3, 0.4) is 0 Å². The second-order valence-electron chi connectivity index (χ2n) is 4.77. The van der Waals surface area contributed by atoms with Gasteiger partial charge in [-0.1, -0.05) is 48.2 Å². The number of phenols is 1. The van der Waals surface area contributed by atoms with Crippen LogP contribution in [0.25, 0.3) is 10.8 Å². The maximum atomic E-state index is 10.3. The van der Waals surface area contributed by atoms with Gasteiger partial charge in [-0.05, 0) is 5.39 Å². The number of nitrogens with one attached hydrogen (secondary N) is 1. The van der Waals surface area contributed by atoms with Crippen LogP contribution in [0.1, 0.15) is 5.56 Å². The van der Waals surface area contributed by atoms with E-state index in [0.717, 1.165) is 21.3 Å². The van der Waals surface area contributed by atoms with Gasteiger partial charge >= 0.3 is 32.7 Å². The van der Waals surface area contributed by atoms with Crippen molar-refractivity contribution >= 4 is 29.3 Å². The van der Waals surface area contributed by atoms with E-state index in [9.17, 15) is 14.7 Å². The van der Waals surface area contributed by atoms with E-state index in [1.54, 1.807) is 36.4 Å². The molecule has 6 heteroatoms. The quantitative estimate of drug-likeness (QED) is 0.396. The fraction of sp³-hybridized carbons (Fsp3) is 0. The molecule has 3 aromatic rings. The Morgan fingerprint density at radius 2 is 1.48 bits per heavy atom. The van der Waals surface area contributed by atoms with Gasteiger partial charge in [-0.15, -0.1) is 30.0 Å². The molecule has 0 fully saturated rings. The molecule has 0 heterocycles. The first kappa shape index (κ1) is 20.7. The smallest absolute Gasteiger partial charge is 0.518 e. The van der Waals surface area contributed by atoms with Gasteiger partial charge in [0.25, 0.3) is 0 Å². The first-order valence-corrected chi connectivity index (χ1v) is 7.05. The van der Waals surface area contributed by atoms with Gasteiger partial charge in [-0.25, -0.2) is 0 Å². The molecule has 5 nitrogen and oxygen atoms in total. The van der Waals surface area contributed by atoms with Gasteiger partial charge in [0, 0.05) is 0 Å². The largest absolute Gasteiger partial charge is 3.00 e. The minimum Gasteiger partial charge on any atom is -0.518 e. The van der Waals surface area contributed by atoms with Crippen molar-refractivity contribution in [3.05, 3.63) is 79.2 Å². The van der Waals surface area contributed by atoms with Crippen molar-refractivity contribution in [2.24, 2.45) is 0 Å². The fourth-order valence-corrected chi connectivity index (χ4v) is 2.11. The summed E-state index contributed by atoms with van der Waals surface area (Å²) in [5, 5.41) is 12.3. The van der Waals surface area contributed by atoms with Gasteiger partial charge in [0.1, 0.15) is 0 Å². The third kappa shape index (κ3) is 5.59. The van der Waals surface area contributed by atoms with Crippen LogP contribution in [-0.2, 0) is 42.3 Å². The average Bonchev–Trinajstić information content (AvgIpc) is 2.64. The maximum Gasteiger partial charge on any atom is 3.00 e. The third-order valence-electron chi connectivity index (χ3n) is 3.25. The number of carbonyl (C=O) groups excluding carboxylic acids is 2. The minimum absolute atomic E-state index is 0. The number of hydrogen-bond donors (Lipinski definition) is 2. The summed E-state index contributed by atoms with van der Waals surface area (Å²) in [5.74, 6) is 0.318. The molecule has 2 N–H and O–H groups in total. The summed E-state index contributed by atoms with van der Waals surface area (Å²) in [6, 6.07) is 19.8. The molecule has 0 bridgehead atoms. The Hall–Kier alpha value is -2.37. The Morgan fingerprint density at radius 3 is 2.04 bits per heavy atom. The number of nitrogens with zero attached hydrogens (tertiary/aromatic N) is 1. The third-order valence-corrected chi connectivity index (χ3v) is 3.25. The Bertz CT molecular complexity index is 785. The van der Waals surface area contributed by atoms with E-state index in [1.807, 2.05) is 30.3 Å². The summed E-state index contributed by atoms with van der Waals surface area (Å²) in [6.07, 6.45) is 2.91. The Kier molecular flexibility index (Phi) is 8.68. The molecule has 0 radical (unpaired) electrons. The van der Waals surface area contributed by atoms with Crippen LogP contribution >= 0.6 is 0 Å². The second-order valence-corrected chi connectivity index (χ2v) is 4.77. The molecule has 25 heavy (non-hydrogen) atoms. The van der Waals surface area contributed by atoms with Gasteiger partial charge in [-0.2, -0.15) is 18.6 Å². The van der Waals surface area contributed by atoms with Crippen molar-refractivity contribution in [3.8, 4) is 5.75 Å². The number of rotatable bonds is 4. The number of anilines is 1. The monoisotopic (exact) mass is 408 g/mol. The molecule has 0 saturated carbocycles. The number of aromatic hydroxyl groups is 1. The molecule has 122 valence electrons. The zero-order chi connectivity index (χ0) is 17.4. The number of hydrazine groups is 1. The van der Waals surface area contributed by atoms with Crippen LogP contribution in [0, 0.1) is 6.92 Å². The van der Waals surface area contributed by atoms with E-state index < -0.39 is 0 Å². The van der Waals surface area contributed by atoms with E-state index in [1.165, 1.54) is 12.8 Å². The molecule has 0 atom stereocenters. The molecule has 3 aromatic carbocycles. The molecule has 0 aromatic heterocycles. The number of benzene rings is 3. The number of para-hydroxylation sites is 1. The number of phenolic OH excluding ortho intramolecular Hbond substituents is 1. The van der Waals surface area contributed by atoms with Gasteiger partial charge in [0.05, 0.1) is 12.2 Å². The van der Waals surface area contributed by atoms with Crippen molar-refractivity contribution in [1.29, 1.82) is 0 Å². The van der Waals surface area contributed by atoms with Gasteiger partial charge in [-0.3, -0.25) is 0 Å². The molecule has 2 amide bonds. The SMILES string of the molecule is O=[C-]NN([C-]=O)c1ccccc1.[CH2-]c1ccc(O)c2ccccc12.[Y+3]. The molecule has 0 aliphatic heterocycles. The van der Waals surface area contributed by atoms with E-state index in [2.05, 4.69) is 12.3 Å². The topological polar surface area (TPSA) is 69.6 Å². The molecule has 0 saturated heterocycles. The average molecular weight is 408 g/mol. The Morgan fingerprint density at radius 1 is 0.880 bits per heavy atom. The fourth-order valence-electron chi connectivity index (χ4n) is 2.11. The number of fused-ring (bicyclic) bond motifs is 1. The minimum atomic E-state index is 0. The van der Waals surface area contributed by atoms with Crippen molar-refractivity contribution in [1.82, 2.24) is 5.43 Å². The van der Waals surface area contributed by atoms with E-state index in [-0.39, 0.29) is 32.7 Å². The number of amides is 2. The summed E-state index contributed by atoms with van der Waals surface area (Å²) in [5.41, 5.74) is 3.54. The van der Waals surface area contributed by atoms with E-state index >= 15 is 0 Å². The molecular formula is C19H15N2O3Y. The Labute approximate surface area is 171 Å². The summed E-state index contributed by atoms with van der Waals surface area (Å²) in [7, 11) is 0. The standard InChI is InChI=1S/C11H9O.C8H6N2O2.Y/c1-8-6-7-11(12)10-5-3-2-4-9(8)10;11-6-9-10(7-12)8-4-2-1-3-5-8;/h2-7,12H,1H2;1-5H,(H,9,11);/q-1;-2;+3. The maximum absolute atomic E-state index is 10.3. The first-order valence-electron chi connectivity index (χ1n) is 7.05. The zero-order valence-electron chi connectivity index (χ0n) is 13.3. The van der Waals surface area contributed by atoms with Crippen LogP contribution in [0.5, 0.6) is 5.75 Å². The zero-order valence-corrected chi connectivity index (χ0v) is 16.2. The van der Waals surface area contributed by atoms with Crippen molar-refractivity contribution in [2.45, 2.75) is 0 Å². The number of hydrogen-bond acceptors (Lipinski definition) is 3. The Balaban J connectivity index is 0.000000240. The van der Waals surface area contributed by atoms with Crippen LogP contribution in [0.15, 0.2) is 66.7 Å². The molecule has 3 rings (SSSR count). The molecule has 0 aliphatic carbocycles. The summed E-state index contributed by atoms with van der Waals surface area (Å²) in [4.78, 5) is 20.1.